The number of hydrogen-bond donors (Lipinski definition) is 1. The van der Waals surface area contributed by atoms with E-state index in [1.54, 1.807) is 12.1 Å². The van der Waals surface area contributed by atoms with Crippen molar-refractivity contribution in [1.82, 2.24) is 4.90 Å². The van der Waals surface area contributed by atoms with Crippen molar-refractivity contribution in [3.63, 3.8) is 0 Å². The van der Waals surface area contributed by atoms with Gasteiger partial charge in [-0.3, -0.25) is 0 Å². The highest BCUT2D eigenvalue weighted by atomic mass is 19.1. The third kappa shape index (κ3) is 4.73. The minimum atomic E-state index is -0.289. The van der Waals surface area contributed by atoms with Crippen molar-refractivity contribution >= 4 is 11.7 Å². The van der Waals surface area contributed by atoms with E-state index in [0.29, 0.717) is 11.7 Å². The molecule has 1 N–H and O–H groups in total. The molecule has 1 aromatic rings. The summed E-state index contributed by atoms with van der Waals surface area (Å²) in [6.07, 6.45) is 7.98. The first-order valence-electron chi connectivity index (χ1n) is 8.04. The fraction of sp³-hybridized carbons (Fsp3) is 0.588. The predicted molar refractivity (Wildman–Crippen MR) is 83.9 cm³/mol. The zero-order valence-electron chi connectivity index (χ0n) is 12.8. The first-order chi connectivity index (χ1) is 10.2. The van der Waals surface area contributed by atoms with Gasteiger partial charge in [-0.1, -0.05) is 32.6 Å². The van der Waals surface area contributed by atoms with Gasteiger partial charge in [-0.05, 0) is 43.5 Å². The average molecular weight is 292 g/mol. The molecular formula is C17H25FN2O. The van der Waals surface area contributed by atoms with Gasteiger partial charge in [-0.25, -0.2) is 9.18 Å². The van der Waals surface area contributed by atoms with Crippen molar-refractivity contribution in [3.8, 4) is 0 Å². The third-order valence-electron chi connectivity index (χ3n) is 4.12. The Kier molecular flexibility index (Phi) is 6.03. The molecule has 2 rings (SSSR count). The van der Waals surface area contributed by atoms with Crippen LogP contribution in [0.3, 0.4) is 0 Å². The maximum Gasteiger partial charge on any atom is 0.322 e. The van der Waals surface area contributed by atoms with Crippen LogP contribution in [0.2, 0.25) is 0 Å². The van der Waals surface area contributed by atoms with Crippen molar-refractivity contribution in [2.24, 2.45) is 0 Å². The first-order valence-corrected chi connectivity index (χ1v) is 8.04. The molecule has 4 heteroatoms. The Morgan fingerprint density at radius 2 is 1.90 bits per heavy atom. The Morgan fingerprint density at radius 3 is 2.52 bits per heavy atom. The summed E-state index contributed by atoms with van der Waals surface area (Å²) in [7, 11) is 0. The van der Waals surface area contributed by atoms with Gasteiger partial charge in [0, 0.05) is 18.3 Å². The SMILES string of the molecule is CCCCN(C(=O)Nc1ccc(F)cc1)C1CCCCC1. The number of unbranched alkanes of at least 4 members (excludes halogenated alkanes) is 1. The predicted octanol–water partition coefficient (Wildman–Crippen LogP) is 4.79. The molecule has 0 unspecified atom stereocenters. The molecule has 0 saturated heterocycles. The van der Waals surface area contributed by atoms with Crippen molar-refractivity contribution in [3.05, 3.63) is 30.1 Å². The first kappa shape index (κ1) is 15.8. The lowest BCUT2D eigenvalue weighted by Gasteiger charge is -2.34. The monoisotopic (exact) mass is 292 g/mol. The summed E-state index contributed by atoms with van der Waals surface area (Å²) >= 11 is 0. The van der Waals surface area contributed by atoms with Gasteiger partial charge in [0.15, 0.2) is 0 Å². The van der Waals surface area contributed by atoms with Gasteiger partial charge < -0.3 is 10.2 Å². The largest absolute Gasteiger partial charge is 0.322 e. The van der Waals surface area contributed by atoms with E-state index in [4.69, 9.17) is 0 Å². The molecule has 1 saturated carbocycles. The Labute approximate surface area is 126 Å². The zero-order valence-corrected chi connectivity index (χ0v) is 12.8. The Morgan fingerprint density at radius 1 is 1.24 bits per heavy atom. The molecule has 0 aliphatic heterocycles. The highest BCUT2D eigenvalue weighted by Crippen LogP contribution is 2.24. The molecular weight excluding hydrogens is 267 g/mol. The lowest BCUT2D eigenvalue weighted by atomic mass is 9.94. The van der Waals surface area contributed by atoms with Gasteiger partial charge in [-0.2, -0.15) is 0 Å². The number of nitrogens with zero attached hydrogens (tertiary/aromatic N) is 1. The lowest BCUT2D eigenvalue weighted by Crippen LogP contribution is -2.44. The molecule has 116 valence electrons. The molecule has 0 spiro atoms. The number of nitrogens with one attached hydrogen (secondary N) is 1. The molecule has 2 amide bonds. The summed E-state index contributed by atoms with van der Waals surface area (Å²) in [5, 5.41) is 2.90. The van der Waals surface area contributed by atoms with Crippen molar-refractivity contribution < 1.29 is 9.18 Å². The average Bonchev–Trinajstić information content (AvgIpc) is 2.51. The number of halogens is 1. The van der Waals surface area contributed by atoms with E-state index < -0.39 is 0 Å². The van der Waals surface area contributed by atoms with Crippen LogP contribution in [0.5, 0.6) is 0 Å². The summed E-state index contributed by atoms with van der Waals surface area (Å²) < 4.78 is 12.9. The van der Waals surface area contributed by atoms with Crippen LogP contribution in [0.4, 0.5) is 14.9 Å². The smallest absolute Gasteiger partial charge is 0.322 e. The Hall–Kier alpha value is -1.58. The third-order valence-corrected chi connectivity index (χ3v) is 4.12. The molecule has 0 atom stereocenters. The van der Waals surface area contributed by atoms with Gasteiger partial charge in [-0.15, -0.1) is 0 Å². The number of benzene rings is 1. The number of anilines is 1. The number of urea groups is 1. The second-order valence-corrected chi connectivity index (χ2v) is 5.78. The molecule has 1 aliphatic rings. The summed E-state index contributed by atoms with van der Waals surface area (Å²) in [6, 6.07) is 6.24. The highest BCUT2D eigenvalue weighted by molar-refractivity contribution is 5.89. The molecule has 0 bridgehead atoms. The molecule has 1 aromatic carbocycles. The normalized spacial score (nSPS) is 15.7. The van der Waals surface area contributed by atoms with E-state index in [-0.39, 0.29) is 11.8 Å². The van der Waals surface area contributed by atoms with Gasteiger partial charge in [0.25, 0.3) is 0 Å². The maximum absolute atomic E-state index is 12.9. The van der Waals surface area contributed by atoms with Crippen molar-refractivity contribution in [2.45, 2.75) is 57.9 Å². The van der Waals surface area contributed by atoms with Crippen LogP contribution in [0.25, 0.3) is 0 Å². The van der Waals surface area contributed by atoms with E-state index in [9.17, 15) is 9.18 Å². The summed E-state index contributed by atoms with van der Waals surface area (Å²) in [4.78, 5) is 14.5. The summed E-state index contributed by atoms with van der Waals surface area (Å²) in [6.45, 7) is 2.94. The number of carbonyl (C=O) groups excluding carboxylic acids is 1. The van der Waals surface area contributed by atoms with Crippen LogP contribution < -0.4 is 5.32 Å². The second-order valence-electron chi connectivity index (χ2n) is 5.78. The van der Waals surface area contributed by atoms with Gasteiger partial charge in [0.1, 0.15) is 5.82 Å². The van der Waals surface area contributed by atoms with E-state index in [2.05, 4.69) is 12.2 Å². The highest BCUT2D eigenvalue weighted by Gasteiger charge is 2.24. The minimum Gasteiger partial charge on any atom is -0.322 e. The van der Waals surface area contributed by atoms with Crippen molar-refractivity contribution in [1.29, 1.82) is 0 Å². The number of rotatable bonds is 5. The Balaban J connectivity index is 2.00. The molecule has 1 fully saturated rings. The molecule has 0 aromatic heterocycles. The number of carbonyl (C=O) groups is 1. The summed E-state index contributed by atoms with van der Waals surface area (Å²) in [5.41, 5.74) is 0.652. The van der Waals surface area contributed by atoms with E-state index >= 15 is 0 Å². The molecule has 1 aliphatic carbocycles. The van der Waals surface area contributed by atoms with Crippen LogP contribution in [-0.2, 0) is 0 Å². The van der Waals surface area contributed by atoms with E-state index in [0.717, 1.165) is 32.2 Å². The van der Waals surface area contributed by atoms with E-state index in [1.165, 1.54) is 31.4 Å². The van der Waals surface area contributed by atoms with Gasteiger partial charge >= 0.3 is 6.03 Å². The lowest BCUT2D eigenvalue weighted by molar-refractivity contribution is 0.166. The minimum absolute atomic E-state index is 0.0537. The van der Waals surface area contributed by atoms with Crippen LogP contribution in [-0.4, -0.2) is 23.5 Å². The van der Waals surface area contributed by atoms with Gasteiger partial charge in [0.05, 0.1) is 0 Å². The topological polar surface area (TPSA) is 32.3 Å². The number of hydrogen-bond acceptors (Lipinski definition) is 1. The molecule has 3 nitrogen and oxygen atoms in total. The zero-order chi connectivity index (χ0) is 15.1. The van der Waals surface area contributed by atoms with Crippen LogP contribution in [0.15, 0.2) is 24.3 Å². The Bertz CT molecular complexity index is 441. The standard InChI is InChI=1S/C17H25FN2O/c1-2-3-13-20(16-7-5-4-6-8-16)17(21)19-15-11-9-14(18)10-12-15/h9-12,16H,2-8,13H2,1H3,(H,19,21). The second kappa shape index (κ2) is 8.01. The molecule has 21 heavy (non-hydrogen) atoms. The quantitative estimate of drug-likeness (QED) is 0.831. The van der Waals surface area contributed by atoms with Crippen LogP contribution in [0, 0.1) is 5.82 Å². The summed E-state index contributed by atoms with van der Waals surface area (Å²) in [5.74, 6) is -0.289. The maximum atomic E-state index is 12.9. The van der Waals surface area contributed by atoms with Crippen LogP contribution in [0.1, 0.15) is 51.9 Å². The fourth-order valence-corrected chi connectivity index (χ4v) is 2.90. The van der Waals surface area contributed by atoms with Crippen LogP contribution >= 0.6 is 0 Å². The molecule has 0 heterocycles. The number of amides is 2. The van der Waals surface area contributed by atoms with Crippen molar-refractivity contribution in [2.75, 3.05) is 11.9 Å². The molecule has 0 radical (unpaired) electrons. The fourth-order valence-electron chi connectivity index (χ4n) is 2.90. The van der Waals surface area contributed by atoms with E-state index in [1.807, 2.05) is 4.90 Å². The van der Waals surface area contributed by atoms with Gasteiger partial charge in [0.2, 0.25) is 0 Å².